The second-order valence-corrected chi connectivity index (χ2v) is 14.3. The molecule has 0 saturated heterocycles. The Morgan fingerprint density at radius 2 is 0.915 bits per heavy atom. The minimum atomic E-state index is -0.278. The van der Waals surface area contributed by atoms with Crippen molar-refractivity contribution in [2.45, 2.75) is 69.6 Å². The van der Waals surface area contributed by atoms with Crippen LogP contribution in [0.25, 0.3) is 0 Å². The molecule has 2 N–H and O–H groups in total. The summed E-state index contributed by atoms with van der Waals surface area (Å²) in [5, 5.41) is 22.6. The number of benzene rings is 4. The standard InChI is InChI=1S/C41H48O6/c1-39(2)27-41(35-25-37(42)29(23-33(35)39)15-17-44-19-21-46-31-11-7-5-8-12-31)28-40(3,4)34-24-30(38(43)26-36(34)41)16-18-45-20-22-47-32-13-9-6-10-14-32/h5-14,23-26,42-43H,15-22,27-28H2,1-4H3. The lowest BCUT2D eigenvalue weighted by molar-refractivity contribution is 0.102. The van der Waals surface area contributed by atoms with E-state index in [1.807, 2.05) is 72.8 Å². The van der Waals surface area contributed by atoms with E-state index in [0.29, 0.717) is 64.0 Å². The zero-order valence-electron chi connectivity index (χ0n) is 28.2. The summed E-state index contributed by atoms with van der Waals surface area (Å²) < 4.78 is 23.2. The summed E-state index contributed by atoms with van der Waals surface area (Å²) in [7, 11) is 0. The summed E-state index contributed by atoms with van der Waals surface area (Å²) in [6.07, 6.45) is 3.09. The lowest BCUT2D eigenvalue weighted by atomic mass is 9.72. The Morgan fingerprint density at radius 3 is 1.32 bits per heavy atom. The van der Waals surface area contributed by atoms with Crippen LogP contribution >= 0.6 is 0 Å². The number of phenols is 2. The van der Waals surface area contributed by atoms with E-state index in [2.05, 4.69) is 39.8 Å². The minimum absolute atomic E-state index is 0.0934. The molecular formula is C41H48O6. The molecule has 0 aromatic heterocycles. The molecule has 0 unspecified atom stereocenters. The Hall–Kier alpha value is -4.00. The van der Waals surface area contributed by atoms with Crippen LogP contribution in [0.15, 0.2) is 84.9 Å². The maximum atomic E-state index is 11.3. The topological polar surface area (TPSA) is 77.4 Å². The Morgan fingerprint density at radius 1 is 0.511 bits per heavy atom. The second kappa shape index (κ2) is 13.6. The van der Waals surface area contributed by atoms with E-state index >= 15 is 0 Å². The van der Waals surface area contributed by atoms with Crippen molar-refractivity contribution in [3.63, 3.8) is 0 Å². The Kier molecular flexibility index (Phi) is 9.54. The van der Waals surface area contributed by atoms with Gasteiger partial charge < -0.3 is 29.2 Å². The molecule has 248 valence electrons. The van der Waals surface area contributed by atoms with Crippen molar-refractivity contribution >= 4 is 0 Å². The van der Waals surface area contributed by atoms with Gasteiger partial charge in [-0.15, -0.1) is 0 Å². The van der Waals surface area contributed by atoms with Gasteiger partial charge in [-0.2, -0.15) is 0 Å². The fourth-order valence-corrected chi connectivity index (χ4v) is 7.90. The predicted molar refractivity (Wildman–Crippen MR) is 185 cm³/mol. The summed E-state index contributed by atoms with van der Waals surface area (Å²) in [4.78, 5) is 0. The molecule has 0 aliphatic heterocycles. The van der Waals surface area contributed by atoms with Crippen LogP contribution < -0.4 is 9.47 Å². The summed E-state index contributed by atoms with van der Waals surface area (Å²) in [6.45, 7) is 12.2. The molecule has 0 amide bonds. The fraction of sp³-hybridized carbons (Fsp3) is 0.415. The first-order chi connectivity index (χ1) is 22.6. The van der Waals surface area contributed by atoms with E-state index in [0.717, 1.165) is 35.5 Å². The molecule has 0 heterocycles. The fourth-order valence-electron chi connectivity index (χ4n) is 7.90. The lowest BCUT2D eigenvalue weighted by Gasteiger charge is -2.30. The SMILES string of the molecule is CC1(C)CC2(CC(C)(C)c3cc(CCOCCOc4ccccc4)c(O)cc32)c2cc(O)c(CCOCCOc3ccccc3)cc21. The van der Waals surface area contributed by atoms with Crippen molar-refractivity contribution in [3.8, 4) is 23.0 Å². The smallest absolute Gasteiger partial charge is 0.119 e. The van der Waals surface area contributed by atoms with Crippen LogP contribution in [0.1, 0.15) is 73.9 Å². The van der Waals surface area contributed by atoms with Crippen molar-refractivity contribution in [3.05, 3.63) is 118 Å². The highest BCUT2D eigenvalue weighted by Crippen LogP contribution is 2.64. The Bertz CT molecular complexity index is 1540. The maximum Gasteiger partial charge on any atom is 0.119 e. The number of hydrogen-bond donors (Lipinski definition) is 2. The highest BCUT2D eigenvalue weighted by atomic mass is 16.5. The average Bonchev–Trinajstić information content (AvgIpc) is 3.39. The van der Waals surface area contributed by atoms with E-state index in [4.69, 9.17) is 18.9 Å². The molecule has 47 heavy (non-hydrogen) atoms. The van der Waals surface area contributed by atoms with Crippen LogP contribution in [-0.2, 0) is 38.6 Å². The third-order valence-electron chi connectivity index (χ3n) is 9.93. The lowest BCUT2D eigenvalue weighted by Crippen LogP contribution is -2.26. The van der Waals surface area contributed by atoms with E-state index in [9.17, 15) is 10.2 Å². The molecule has 6 rings (SSSR count). The molecule has 2 aliphatic rings. The van der Waals surface area contributed by atoms with Crippen LogP contribution in [0.2, 0.25) is 0 Å². The van der Waals surface area contributed by atoms with Gasteiger partial charge in [-0.05, 0) is 106 Å². The predicted octanol–water partition coefficient (Wildman–Crippen LogP) is 8.02. The van der Waals surface area contributed by atoms with Crippen molar-refractivity contribution in [1.29, 1.82) is 0 Å². The molecule has 4 aromatic rings. The van der Waals surface area contributed by atoms with Crippen molar-refractivity contribution < 1.29 is 29.2 Å². The third-order valence-corrected chi connectivity index (χ3v) is 9.93. The Labute approximate surface area is 279 Å². The number of rotatable bonds is 14. The van der Waals surface area contributed by atoms with Crippen molar-refractivity contribution in [2.75, 3.05) is 39.6 Å². The van der Waals surface area contributed by atoms with Gasteiger partial charge in [0.25, 0.3) is 0 Å². The summed E-state index contributed by atoms with van der Waals surface area (Å²) in [5.74, 6) is 2.29. The van der Waals surface area contributed by atoms with Crippen LogP contribution in [0.4, 0.5) is 0 Å². The number of hydrogen-bond acceptors (Lipinski definition) is 6. The van der Waals surface area contributed by atoms with E-state index < -0.39 is 0 Å². The zero-order valence-corrected chi connectivity index (χ0v) is 28.2. The van der Waals surface area contributed by atoms with Crippen LogP contribution in [0, 0.1) is 0 Å². The average molecular weight is 637 g/mol. The molecule has 0 fully saturated rings. The first kappa shape index (κ1) is 32.9. The molecular weight excluding hydrogens is 588 g/mol. The number of para-hydroxylation sites is 2. The normalized spacial score (nSPS) is 16.6. The Balaban J connectivity index is 1.12. The van der Waals surface area contributed by atoms with E-state index in [1.165, 1.54) is 22.3 Å². The number of fused-ring (bicyclic) bond motifs is 4. The molecule has 4 aromatic carbocycles. The van der Waals surface area contributed by atoms with Gasteiger partial charge in [0, 0.05) is 5.41 Å². The molecule has 2 aliphatic carbocycles. The van der Waals surface area contributed by atoms with Gasteiger partial charge >= 0.3 is 0 Å². The van der Waals surface area contributed by atoms with Gasteiger partial charge in [-0.25, -0.2) is 0 Å². The summed E-state index contributed by atoms with van der Waals surface area (Å²) >= 11 is 0. The van der Waals surface area contributed by atoms with Crippen molar-refractivity contribution in [1.82, 2.24) is 0 Å². The third kappa shape index (κ3) is 7.00. The first-order valence-corrected chi connectivity index (χ1v) is 16.8. The van der Waals surface area contributed by atoms with Crippen LogP contribution in [0.5, 0.6) is 23.0 Å². The summed E-state index contributed by atoms with van der Waals surface area (Å²) in [6, 6.07) is 27.9. The van der Waals surface area contributed by atoms with E-state index in [-0.39, 0.29) is 16.2 Å². The number of phenolic OH excluding ortho intramolecular Hbond substituents is 2. The number of aromatic hydroxyl groups is 2. The van der Waals surface area contributed by atoms with Crippen molar-refractivity contribution in [2.24, 2.45) is 0 Å². The van der Waals surface area contributed by atoms with Crippen LogP contribution in [0.3, 0.4) is 0 Å². The highest BCUT2D eigenvalue weighted by molar-refractivity contribution is 5.63. The van der Waals surface area contributed by atoms with Gasteiger partial charge in [-0.1, -0.05) is 76.2 Å². The molecule has 6 nitrogen and oxygen atoms in total. The van der Waals surface area contributed by atoms with Gasteiger partial charge in [0.1, 0.15) is 36.2 Å². The molecule has 0 atom stereocenters. The molecule has 0 bridgehead atoms. The molecule has 1 spiro atoms. The van der Waals surface area contributed by atoms with Gasteiger partial charge in [0.15, 0.2) is 0 Å². The number of ether oxygens (including phenoxy) is 4. The van der Waals surface area contributed by atoms with E-state index in [1.54, 1.807) is 0 Å². The second-order valence-electron chi connectivity index (χ2n) is 14.3. The monoisotopic (exact) mass is 636 g/mol. The van der Waals surface area contributed by atoms with Crippen LogP contribution in [-0.4, -0.2) is 49.9 Å². The minimum Gasteiger partial charge on any atom is -0.508 e. The highest BCUT2D eigenvalue weighted by Gasteiger charge is 2.56. The van der Waals surface area contributed by atoms with Gasteiger partial charge in [0.2, 0.25) is 0 Å². The zero-order chi connectivity index (χ0) is 33.1. The van der Waals surface area contributed by atoms with Gasteiger partial charge in [0.05, 0.1) is 26.4 Å². The largest absolute Gasteiger partial charge is 0.508 e. The molecule has 0 saturated carbocycles. The summed E-state index contributed by atoms with van der Waals surface area (Å²) in [5.41, 5.74) is 6.26. The molecule has 0 radical (unpaired) electrons. The van der Waals surface area contributed by atoms with Gasteiger partial charge in [-0.3, -0.25) is 0 Å². The first-order valence-electron chi connectivity index (χ1n) is 16.8. The maximum absolute atomic E-state index is 11.3. The quantitative estimate of drug-likeness (QED) is 0.137. The molecule has 6 heteroatoms.